The molecule has 17 rings (SSSR count). The molecule has 2 saturated heterocycles. The van der Waals surface area contributed by atoms with E-state index in [9.17, 15) is 61.5 Å². The van der Waals surface area contributed by atoms with Crippen molar-refractivity contribution in [2.24, 2.45) is 76.9 Å². The summed E-state index contributed by atoms with van der Waals surface area (Å²) in [4.78, 5) is 115. The summed E-state index contributed by atoms with van der Waals surface area (Å²) in [5, 5.41) is 10.1. The van der Waals surface area contributed by atoms with Crippen molar-refractivity contribution >= 4 is 69.8 Å². The van der Waals surface area contributed by atoms with Crippen molar-refractivity contribution in [2.75, 3.05) is 26.4 Å². The van der Waals surface area contributed by atoms with E-state index < -0.39 is 112 Å². The van der Waals surface area contributed by atoms with Crippen LogP contribution >= 0.6 is 0 Å². The predicted molar refractivity (Wildman–Crippen MR) is 411 cm³/mol. The first-order chi connectivity index (χ1) is 49.5. The van der Waals surface area contributed by atoms with E-state index >= 15 is 0 Å². The van der Waals surface area contributed by atoms with Gasteiger partial charge in [-0.3, -0.25) is 4.18 Å². The van der Waals surface area contributed by atoms with Crippen LogP contribution in [0.1, 0.15) is 247 Å². The van der Waals surface area contributed by atoms with Gasteiger partial charge in [-0.1, -0.05) is 83.0 Å². The molecule has 0 aromatic carbocycles. The second kappa shape index (κ2) is 37.8. The number of esters is 10. The molecule has 17 fully saturated rings. The minimum atomic E-state index is -3.53. The van der Waals surface area contributed by atoms with Crippen LogP contribution in [0.2, 0.25) is 0 Å². The summed E-state index contributed by atoms with van der Waals surface area (Å²) in [5.41, 5.74) is 0.328. The van der Waals surface area contributed by atoms with Crippen LogP contribution in [0.15, 0.2) is 72.9 Å². The summed E-state index contributed by atoms with van der Waals surface area (Å²) in [5.74, 6) is 1.71. The van der Waals surface area contributed by atoms with Crippen LogP contribution in [-0.2, 0) is 110 Å². The maximum absolute atomic E-state index is 12.2. The van der Waals surface area contributed by atoms with Crippen LogP contribution in [0, 0.1) is 76.9 Å². The highest BCUT2D eigenvalue weighted by Gasteiger charge is 2.66. The molecule has 2 aliphatic heterocycles. The molecule has 24 nitrogen and oxygen atoms in total. The molecule has 620 valence electrons. The van der Waals surface area contributed by atoms with Gasteiger partial charge in [0.25, 0.3) is 10.1 Å². The summed E-state index contributed by atoms with van der Waals surface area (Å²) < 4.78 is 80.4. The molecular weight excluding hydrogens is 1440 g/mol. The Bertz CT molecular complexity index is 3520. The first-order valence-electron chi connectivity index (χ1n) is 38.1. The van der Waals surface area contributed by atoms with Crippen molar-refractivity contribution in [3.8, 4) is 0 Å². The second-order valence-corrected chi connectivity index (χ2v) is 36.0. The summed E-state index contributed by atoms with van der Waals surface area (Å²) in [6.45, 7) is 38.1. The number of hydrogen-bond donors (Lipinski definition) is 1. The Morgan fingerprint density at radius 1 is 0.500 bits per heavy atom. The molecule has 0 amide bonds. The van der Waals surface area contributed by atoms with Gasteiger partial charge >= 0.3 is 59.7 Å². The highest BCUT2D eigenvalue weighted by molar-refractivity contribution is 7.87. The van der Waals surface area contributed by atoms with E-state index in [1.54, 1.807) is 20.8 Å². The molecule has 8 atom stereocenters. The number of rotatable bonds is 19. The lowest BCUT2D eigenvalue weighted by atomic mass is 9.47. The zero-order valence-electron chi connectivity index (χ0n) is 63.9. The highest BCUT2D eigenvalue weighted by atomic mass is 32.2. The summed E-state index contributed by atoms with van der Waals surface area (Å²) >= 11 is 0. The van der Waals surface area contributed by atoms with E-state index in [2.05, 4.69) is 62.8 Å². The minimum Gasteiger partial charge on any atom is -0.463 e. The Hall–Kier alpha value is -6.99. The molecule has 1 N–H and O–H groups in total. The van der Waals surface area contributed by atoms with Crippen molar-refractivity contribution in [3.63, 3.8) is 0 Å². The zero-order valence-corrected chi connectivity index (χ0v) is 64.7. The quantitative estimate of drug-likeness (QED) is 0.0543. The van der Waals surface area contributed by atoms with Gasteiger partial charge in [0.05, 0.1) is 17.5 Å². The minimum absolute atomic E-state index is 0. The summed E-state index contributed by atoms with van der Waals surface area (Å²) in [7, 11) is -3.53. The molecule has 0 aromatic heterocycles. The molecule has 110 heavy (non-hydrogen) atoms. The highest BCUT2D eigenvalue weighted by Crippen LogP contribution is 2.63. The van der Waals surface area contributed by atoms with Crippen molar-refractivity contribution in [2.45, 2.75) is 298 Å². The van der Waals surface area contributed by atoms with Gasteiger partial charge in [0.15, 0.2) is 19.8 Å². The van der Waals surface area contributed by atoms with E-state index in [4.69, 9.17) is 42.1 Å². The van der Waals surface area contributed by atoms with Crippen molar-refractivity contribution in [1.29, 1.82) is 0 Å². The number of cyclic esters (lactones) is 1. The third kappa shape index (κ3) is 22.1. The van der Waals surface area contributed by atoms with Crippen molar-refractivity contribution in [1.82, 2.24) is 0 Å². The summed E-state index contributed by atoms with van der Waals surface area (Å²) in [6, 6.07) is 0. The average Bonchev–Trinajstić information content (AvgIpc) is 1.17. The van der Waals surface area contributed by atoms with E-state index in [1.807, 2.05) is 13.8 Å². The summed E-state index contributed by atoms with van der Waals surface area (Å²) in [6.07, 6.45) is 21.9. The van der Waals surface area contributed by atoms with Crippen molar-refractivity contribution in [3.05, 3.63) is 72.9 Å². The SMILES string of the molecule is C.C.C.C.C=C(C)C(=O)OC1(C(C)C)C2CC3CC(C2)CC1C3.C=C(C)C(=O)OC1(C)CCCC1.C=C(C)C(=O)OC12CC3CC(CC(O)(C3)C1)C2.C=C(C)C(=O)OC1CCOC1=O.C=C(C)C(=O)OCC(=O)OC1C2CC3C1OS(=O)(=O)C3C2.C=C(C)C(=O)OCC(=O)OCC(=O)OC1(C)C2CC3CC(C2)CC1C3. The maximum atomic E-state index is 12.2. The van der Waals surface area contributed by atoms with Crippen LogP contribution in [0.5, 0.6) is 0 Å². The Kier molecular flexibility index (Phi) is 32.1. The fourth-order valence-corrected chi connectivity index (χ4v) is 22.6. The van der Waals surface area contributed by atoms with Crippen LogP contribution < -0.4 is 0 Å². The molecule has 17 aliphatic rings. The molecule has 14 bridgehead atoms. The molecule has 8 unspecified atom stereocenters. The molecule has 0 spiro atoms. The van der Waals surface area contributed by atoms with Crippen molar-refractivity contribution < 1.29 is 113 Å². The van der Waals surface area contributed by atoms with Crippen LogP contribution in [0.3, 0.4) is 0 Å². The lowest BCUT2D eigenvalue weighted by molar-refractivity contribution is -0.221. The van der Waals surface area contributed by atoms with Crippen LogP contribution in [-0.4, -0.2) is 151 Å². The Balaban J connectivity index is 0.000000239. The first kappa shape index (κ1) is 93.6. The molecule has 25 heteroatoms. The Morgan fingerprint density at radius 2 is 0.927 bits per heavy atom. The monoisotopic (exact) mass is 1570 g/mol. The van der Waals surface area contributed by atoms with Gasteiger partial charge in [-0.15, -0.1) is 0 Å². The maximum Gasteiger partial charge on any atom is 0.347 e. The van der Waals surface area contributed by atoms with Gasteiger partial charge in [-0.05, 0) is 255 Å². The molecule has 15 aliphatic carbocycles. The van der Waals surface area contributed by atoms with Crippen LogP contribution in [0.4, 0.5) is 0 Å². The average molecular weight is 1570 g/mol. The van der Waals surface area contributed by atoms with E-state index in [0.29, 0.717) is 90.4 Å². The third-order valence-corrected chi connectivity index (χ3v) is 26.6. The first-order valence-corrected chi connectivity index (χ1v) is 39.6. The fourth-order valence-electron chi connectivity index (χ4n) is 20.7. The number of carbonyl (C=O) groups is 10. The second-order valence-electron chi connectivity index (χ2n) is 34.3. The van der Waals surface area contributed by atoms with Gasteiger partial charge in [-0.25, -0.2) is 47.9 Å². The Labute approximate surface area is 654 Å². The van der Waals surface area contributed by atoms with Gasteiger partial charge in [0.1, 0.15) is 34.6 Å². The van der Waals surface area contributed by atoms with E-state index in [-0.39, 0.29) is 87.4 Å². The smallest absolute Gasteiger partial charge is 0.347 e. The third-order valence-electron chi connectivity index (χ3n) is 24.9. The zero-order chi connectivity index (χ0) is 77.9. The van der Waals surface area contributed by atoms with Gasteiger partial charge in [0, 0.05) is 58.1 Å². The standard InChI is InChI=1S/C19H26O6.C17H26O2.C14H20O3.C13H16O7S.C10H16O2.C8H10O4.4CH4/c1-11(2)18(22)24-9-16(20)23-10-17(21)25-19(3)14-5-12-4-13(7-14)8-15(19)6-12;1-10(2)16(18)19-17(11(3)4)14-6-12-5-13(8-14)9-15(17)7-12;1-9(2)12(15)17-14-6-10-3-11(7-14)5-13(16,4-10)8-14;1-6(2)13(15)18-5-10(14)19-11-7-3-8-9(4-7)21(16,17)20-12(8)11;1-8(2)9(11)12-10(3)6-4-5-7-10;1-5(2)7(9)12-6-3-4-11-8(6)10;;;;/h12-15H,1,4-10H2,2-3H3;11-15H,1,5-9H2,2-4H3;10-11,16H,1,3-8H2,2H3;7-9,11-12H,1,3-5H2,2H3;1,4-7H2,2-3H3;6H,1,3-4H2,2H3;4*1H4. The van der Waals surface area contributed by atoms with Gasteiger partial charge < -0.3 is 52.5 Å². The number of carbonyl (C=O) groups excluding carboxylic acids is 10. The van der Waals surface area contributed by atoms with E-state index in [1.165, 1.54) is 78.6 Å². The molecule has 0 aromatic rings. The fraction of sp³-hybridized carbons (Fsp3) is 0.741. The van der Waals surface area contributed by atoms with Gasteiger partial charge in [-0.2, -0.15) is 8.42 Å². The molecule has 0 radical (unpaired) electrons. The molecule has 2 heterocycles. The number of hydrogen-bond acceptors (Lipinski definition) is 24. The predicted octanol–water partition coefficient (Wildman–Crippen LogP) is 14.1. The normalized spacial score (nSPS) is 34.7. The number of ether oxygens (including phenoxy) is 10. The molecule has 15 saturated carbocycles. The molecular formula is C85H130O24S. The van der Waals surface area contributed by atoms with E-state index in [0.717, 1.165) is 87.9 Å². The largest absolute Gasteiger partial charge is 0.463 e. The van der Waals surface area contributed by atoms with Gasteiger partial charge in [0.2, 0.25) is 6.10 Å². The lowest BCUT2D eigenvalue weighted by Crippen LogP contribution is -2.62. The number of aliphatic hydroxyl groups is 1. The Morgan fingerprint density at radius 3 is 1.36 bits per heavy atom. The number of fused-ring (bicyclic) bond motifs is 1. The van der Waals surface area contributed by atoms with Crippen LogP contribution in [0.25, 0.3) is 0 Å². The lowest BCUT2D eigenvalue weighted by Gasteiger charge is -2.61. The topological polar surface area (TPSA) is 327 Å².